The van der Waals surface area contributed by atoms with Gasteiger partial charge >= 0.3 is 0 Å². The largest absolute Gasteiger partial charge is 0.307 e. The summed E-state index contributed by atoms with van der Waals surface area (Å²) in [7, 11) is 0. The van der Waals surface area contributed by atoms with Crippen molar-refractivity contribution in [3.8, 4) is 0 Å². The SMILES string of the molecule is CCCC(C)NC(CC)c1cccc(Cl)c1. The third-order valence-corrected chi connectivity index (χ3v) is 3.10. The van der Waals surface area contributed by atoms with Crippen molar-refractivity contribution in [1.29, 1.82) is 0 Å². The zero-order valence-electron chi connectivity index (χ0n) is 10.5. The molecule has 1 aromatic carbocycles. The third kappa shape index (κ3) is 4.15. The van der Waals surface area contributed by atoms with Crippen LogP contribution in [0.3, 0.4) is 0 Å². The topological polar surface area (TPSA) is 12.0 Å². The molecule has 2 unspecified atom stereocenters. The van der Waals surface area contributed by atoms with E-state index in [-0.39, 0.29) is 0 Å². The predicted octanol–water partition coefficient (Wildman–Crippen LogP) is 4.57. The summed E-state index contributed by atoms with van der Waals surface area (Å²) in [5.41, 5.74) is 1.29. The van der Waals surface area contributed by atoms with Gasteiger partial charge in [-0.1, -0.05) is 44.0 Å². The van der Waals surface area contributed by atoms with E-state index in [4.69, 9.17) is 11.6 Å². The molecule has 0 radical (unpaired) electrons. The van der Waals surface area contributed by atoms with Crippen molar-refractivity contribution in [1.82, 2.24) is 5.32 Å². The maximum absolute atomic E-state index is 6.02. The molecule has 0 saturated carbocycles. The van der Waals surface area contributed by atoms with Crippen molar-refractivity contribution < 1.29 is 0 Å². The van der Waals surface area contributed by atoms with Crippen LogP contribution >= 0.6 is 11.6 Å². The lowest BCUT2D eigenvalue weighted by Crippen LogP contribution is -2.30. The maximum atomic E-state index is 6.02. The zero-order valence-corrected chi connectivity index (χ0v) is 11.2. The van der Waals surface area contributed by atoms with Gasteiger partial charge in [0.05, 0.1) is 0 Å². The van der Waals surface area contributed by atoms with E-state index >= 15 is 0 Å². The van der Waals surface area contributed by atoms with Crippen LogP contribution in [0.5, 0.6) is 0 Å². The van der Waals surface area contributed by atoms with Crippen LogP contribution in [0.4, 0.5) is 0 Å². The quantitative estimate of drug-likeness (QED) is 0.767. The molecule has 0 spiro atoms. The Morgan fingerprint density at radius 2 is 2.06 bits per heavy atom. The molecule has 1 nitrogen and oxygen atoms in total. The molecule has 0 saturated heterocycles. The van der Waals surface area contributed by atoms with E-state index in [2.05, 4.69) is 38.2 Å². The van der Waals surface area contributed by atoms with Crippen LogP contribution in [0.15, 0.2) is 24.3 Å². The normalized spacial score (nSPS) is 14.8. The highest BCUT2D eigenvalue weighted by Crippen LogP contribution is 2.21. The summed E-state index contributed by atoms with van der Waals surface area (Å²) in [5, 5.41) is 4.47. The zero-order chi connectivity index (χ0) is 12.0. The molecule has 16 heavy (non-hydrogen) atoms. The van der Waals surface area contributed by atoms with E-state index < -0.39 is 0 Å². The molecular weight excluding hydrogens is 218 g/mol. The monoisotopic (exact) mass is 239 g/mol. The lowest BCUT2D eigenvalue weighted by atomic mass is 10.0. The molecule has 0 heterocycles. The minimum Gasteiger partial charge on any atom is -0.307 e. The average molecular weight is 240 g/mol. The summed E-state index contributed by atoms with van der Waals surface area (Å²) in [6, 6.07) is 9.13. The number of halogens is 1. The summed E-state index contributed by atoms with van der Waals surface area (Å²) in [6.07, 6.45) is 3.53. The number of benzene rings is 1. The minimum atomic E-state index is 0.417. The molecule has 1 N–H and O–H groups in total. The van der Waals surface area contributed by atoms with Crippen molar-refractivity contribution >= 4 is 11.6 Å². The Bertz CT molecular complexity index is 311. The summed E-state index contributed by atoms with van der Waals surface area (Å²) in [4.78, 5) is 0. The fourth-order valence-electron chi connectivity index (χ4n) is 2.03. The van der Waals surface area contributed by atoms with Crippen molar-refractivity contribution in [3.05, 3.63) is 34.9 Å². The molecule has 0 bridgehead atoms. The highest BCUT2D eigenvalue weighted by atomic mass is 35.5. The van der Waals surface area contributed by atoms with Gasteiger partial charge in [0.2, 0.25) is 0 Å². The van der Waals surface area contributed by atoms with Crippen molar-refractivity contribution in [2.75, 3.05) is 0 Å². The number of nitrogens with one attached hydrogen (secondary N) is 1. The summed E-state index contributed by atoms with van der Waals surface area (Å²) in [5.74, 6) is 0. The van der Waals surface area contributed by atoms with Crippen LogP contribution in [0.2, 0.25) is 5.02 Å². The number of hydrogen-bond donors (Lipinski definition) is 1. The van der Waals surface area contributed by atoms with Gasteiger partial charge < -0.3 is 5.32 Å². The second-order valence-electron chi connectivity index (χ2n) is 4.37. The first-order chi connectivity index (χ1) is 7.67. The molecule has 0 aliphatic heterocycles. The van der Waals surface area contributed by atoms with Crippen molar-refractivity contribution in [2.24, 2.45) is 0 Å². The first kappa shape index (κ1) is 13.5. The molecule has 1 rings (SSSR count). The van der Waals surface area contributed by atoms with Crippen molar-refractivity contribution in [3.63, 3.8) is 0 Å². The second-order valence-corrected chi connectivity index (χ2v) is 4.81. The maximum Gasteiger partial charge on any atom is 0.0409 e. The predicted molar refractivity (Wildman–Crippen MR) is 72.0 cm³/mol. The Labute approximate surface area is 104 Å². The Morgan fingerprint density at radius 3 is 2.62 bits per heavy atom. The highest BCUT2D eigenvalue weighted by Gasteiger charge is 2.11. The van der Waals surface area contributed by atoms with E-state index in [9.17, 15) is 0 Å². The summed E-state index contributed by atoms with van der Waals surface area (Å²) >= 11 is 6.02. The van der Waals surface area contributed by atoms with Crippen LogP contribution in [0.1, 0.15) is 51.6 Å². The van der Waals surface area contributed by atoms with Gasteiger partial charge in [0.15, 0.2) is 0 Å². The van der Waals surface area contributed by atoms with Crippen LogP contribution in [-0.2, 0) is 0 Å². The van der Waals surface area contributed by atoms with Gasteiger partial charge in [-0.2, -0.15) is 0 Å². The Morgan fingerprint density at radius 1 is 1.31 bits per heavy atom. The fraction of sp³-hybridized carbons (Fsp3) is 0.571. The minimum absolute atomic E-state index is 0.417. The lowest BCUT2D eigenvalue weighted by molar-refractivity contribution is 0.424. The Hall–Kier alpha value is -0.530. The van der Waals surface area contributed by atoms with Crippen LogP contribution in [0, 0.1) is 0 Å². The molecule has 0 aliphatic carbocycles. The fourth-order valence-corrected chi connectivity index (χ4v) is 2.23. The molecule has 0 aliphatic rings. The van der Waals surface area contributed by atoms with Gasteiger partial charge in [-0.3, -0.25) is 0 Å². The number of hydrogen-bond acceptors (Lipinski definition) is 1. The lowest BCUT2D eigenvalue weighted by Gasteiger charge is -2.22. The van der Waals surface area contributed by atoms with Gasteiger partial charge in [-0.15, -0.1) is 0 Å². The van der Waals surface area contributed by atoms with Gasteiger partial charge in [-0.05, 0) is 37.5 Å². The van der Waals surface area contributed by atoms with Crippen LogP contribution < -0.4 is 5.32 Å². The molecule has 0 aromatic heterocycles. The van der Waals surface area contributed by atoms with Crippen molar-refractivity contribution in [2.45, 2.75) is 52.1 Å². The standard InChI is InChI=1S/C14H22ClN/c1-4-7-11(3)16-14(5-2)12-8-6-9-13(15)10-12/h6,8-11,14,16H,4-5,7H2,1-3H3. The van der Waals surface area contributed by atoms with Crippen LogP contribution in [-0.4, -0.2) is 6.04 Å². The van der Waals surface area contributed by atoms with E-state index in [1.807, 2.05) is 12.1 Å². The molecular formula is C14H22ClN. The van der Waals surface area contributed by atoms with E-state index in [1.54, 1.807) is 0 Å². The first-order valence-corrected chi connectivity index (χ1v) is 6.56. The van der Waals surface area contributed by atoms with E-state index in [0.29, 0.717) is 12.1 Å². The molecule has 0 amide bonds. The first-order valence-electron chi connectivity index (χ1n) is 6.18. The van der Waals surface area contributed by atoms with Gasteiger partial charge in [-0.25, -0.2) is 0 Å². The number of rotatable bonds is 6. The van der Waals surface area contributed by atoms with E-state index in [0.717, 1.165) is 11.4 Å². The molecule has 2 atom stereocenters. The van der Waals surface area contributed by atoms with Gasteiger partial charge in [0, 0.05) is 17.1 Å². The molecule has 1 aromatic rings. The smallest absolute Gasteiger partial charge is 0.0409 e. The Kier molecular flexibility index (Phi) is 5.86. The van der Waals surface area contributed by atoms with E-state index in [1.165, 1.54) is 18.4 Å². The van der Waals surface area contributed by atoms with Crippen LogP contribution in [0.25, 0.3) is 0 Å². The average Bonchev–Trinajstić information content (AvgIpc) is 2.26. The summed E-state index contributed by atoms with van der Waals surface area (Å²) in [6.45, 7) is 6.67. The Balaban J connectivity index is 2.67. The summed E-state index contributed by atoms with van der Waals surface area (Å²) < 4.78 is 0. The molecule has 2 heteroatoms. The second kappa shape index (κ2) is 6.93. The molecule has 0 fully saturated rings. The highest BCUT2D eigenvalue weighted by molar-refractivity contribution is 6.30. The van der Waals surface area contributed by atoms with Gasteiger partial charge in [0.25, 0.3) is 0 Å². The van der Waals surface area contributed by atoms with Gasteiger partial charge in [0.1, 0.15) is 0 Å². The third-order valence-electron chi connectivity index (χ3n) is 2.87. The molecule has 90 valence electrons.